The second kappa shape index (κ2) is 5.27. The van der Waals surface area contributed by atoms with Crippen molar-refractivity contribution in [1.29, 1.82) is 0 Å². The van der Waals surface area contributed by atoms with Gasteiger partial charge in [-0.3, -0.25) is 5.32 Å². The quantitative estimate of drug-likeness (QED) is 0.889. The minimum atomic E-state index is -0.654. The van der Waals surface area contributed by atoms with Crippen molar-refractivity contribution in [3.8, 4) is 5.75 Å². The number of anilines is 1. The zero-order chi connectivity index (χ0) is 12.1. The van der Waals surface area contributed by atoms with E-state index in [9.17, 15) is 4.79 Å². The van der Waals surface area contributed by atoms with E-state index in [1.54, 1.807) is 24.3 Å². The minimum absolute atomic E-state index is 0.135. The van der Waals surface area contributed by atoms with Gasteiger partial charge in [0.15, 0.2) is 0 Å². The van der Waals surface area contributed by atoms with E-state index in [4.69, 9.17) is 16.3 Å². The third-order valence-corrected chi connectivity index (χ3v) is 1.98. The van der Waals surface area contributed by atoms with Gasteiger partial charge in [-0.25, -0.2) is 14.8 Å². The molecule has 0 aliphatic rings. The van der Waals surface area contributed by atoms with E-state index in [2.05, 4.69) is 15.3 Å². The molecule has 1 N–H and O–H groups in total. The Morgan fingerprint density at radius 1 is 1.18 bits per heavy atom. The van der Waals surface area contributed by atoms with Gasteiger partial charge in [-0.1, -0.05) is 29.8 Å². The number of hydrogen-bond acceptors (Lipinski definition) is 4. The van der Waals surface area contributed by atoms with Gasteiger partial charge in [0.25, 0.3) is 0 Å². The highest BCUT2D eigenvalue weighted by atomic mass is 35.5. The first-order valence-corrected chi connectivity index (χ1v) is 5.13. The maximum Gasteiger partial charge on any atom is 0.419 e. The molecule has 0 radical (unpaired) electrons. The number of nitrogens with one attached hydrogen (secondary N) is 1. The Morgan fingerprint density at radius 3 is 2.47 bits per heavy atom. The van der Waals surface area contributed by atoms with Crippen molar-refractivity contribution in [1.82, 2.24) is 9.97 Å². The van der Waals surface area contributed by atoms with Crippen LogP contribution in [-0.2, 0) is 0 Å². The summed E-state index contributed by atoms with van der Waals surface area (Å²) in [6, 6.07) is 8.69. The lowest BCUT2D eigenvalue weighted by atomic mass is 10.3. The highest BCUT2D eigenvalue weighted by Gasteiger charge is 2.06. The lowest BCUT2D eigenvalue weighted by Crippen LogP contribution is -2.18. The Morgan fingerprint density at radius 2 is 1.82 bits per heavy atom. The maximum absolute atomic E-state index is 11.4. The molecular weight excluding hydrogens is 242 g/mol. The molecule has 0 aliphatic carbocycles. The van der Waals surface area contributed by atoms with Crippen molar-refractivity contribution in [2.24, 2.45) is 0 Å². The number of ether oxygens (including phenoxy) is 1. The van der Waals surface area contributed by atoms with Crippen molar-refractivity contribution < 1.29 is 9.53 Å². The van der Waals surface area contributed by atoms with Crippen molar-refractivity contribution in [2.75, 3.05) is 5.32 Å². The summed E-state index contributed by atoms with van der Waals surface area (Å²) in [5, 5.41) is 2.77. The van der Waals surface area contributed by atoms with Crippen LogP contribution in [0.15, 0.2) is 42.7 Å². The molecule has 2 aromatic rings. The van der Waals surface area contributed by atoms with Crippen molar-refractivity contribution >= 4 is 23.6 Å². The summed E-state index contributed by atoms with van der Waals surface area (Å²) in [4.78, 5) is 19.0. The first-order chi connectivity index (χ1) is 8.24. The standard InChI is InChI=1S/C11H8ClN3O2/c12-8-6-13-10(14-7-8)15-11(16)17-9-4-2-1-3-5-9/h1-7H,(H,13,14,15,16). The van der Waals surface area contributed by atoms with Crippen LogP contribution in [0.5, 0.6) is 5.75 Å². The van der Waals surface area contributed by atoms with Crippen molar-refractivity contribution in [3.63, 3.8) is 0 Å². The Balaban J connectivity index is 1.96. The number of amides is 1. The second-order valence-corrected chi connectivity index (χ2v) is 3.49. The van der Waals surface area contributed by atoms with Crippen LogP contribution in [0.2, 0.25) is 5.02 Å². The first kappa shape index (κ1) is 11.3. The molecule has 6 heteroatoms. The van der Waals surface area contributed by atoms with Gasteiger partial charge < -0.3 is 4.74 Å². The Kier molecular flexibility index (Phi) is 3.52. The van der Waals surface area contributed by atoms with Crippen molar-refractivity contribution in [3.05, 3.63) is 47.7 Å². The van der Waals surface area contributed by atoms with Crippen molar-refractivity contribution in [2.45, 2.75) is 0 Å². The topological polar surface area (TPSA) is 64.1 Å². The number of carbonyl (C=O) groups is 1. The maximum atomic E-state index is 11.4. The van der Waals surface area contributed by atoms with Crippen LogP contribution in [0.25, 0.3) is 0 Å². The zero-order valence-corrected chi connectivity index (χ0v) is 9.39. The van der Waals surface area contributed by atoms with Crippen LogP contribution >= 0.6 is 11.6 Å². The molecule has 86 valence electrons. The van der Waals surface area contributed by atoms with Crippen LogP contribution in [0, 0.1) is 0 Å². The number of rotatable bonds is 2. The number of hydrogen-bond donors (Lipinski definition) is 1. The average Bonchev–Trinajstić information content (AvgIpc) is 2.33. The monoisotopic (exact) mass is 249 g/mol. The summed E-state index contributed by atoms with van der Waals surface area (Å²) in [6.45, 7) is 0. The molecule has 0 saturated heterocycles. The van der Waals surface area contributed by atoms with E-state index < -0.39 is 6.09 Å². The molecule has 0 saturated carbocycles. The Hall–Kier alpha value is -2.14. The third-order valence-electron chi connectivity index (χ3n) is 1.79. The van der Waals surface area contributed by atoms with Crippen LogP contribution in [0.4, 0.5) is 10.7 Å². The van der Waals surface area contributed by atoms with Gasteiger partial charge in [0.1, 0.15) is 5.75 Å². The summed E-state index contributed by atoms with van der Waals surface area (Å²) in [7, 11) is 0. The lowest BCUT2D eigenvalue weighted by molar-refractivity contribution is 0.215. The van der Waals surface area contributed by atoms with Crippen LogP contribution in [0.3, 0.4) is 0 Å². The molecule has 0 aliphatic heterocycles. The van der Waals surface area contributed by atoms with Gasteiger partial charge in [-0.05, 0) is 12.1 Å². The van der Waals surface area contributed by atoms with Crippen LogP contribution in [0.1, 0.15) is 0 Å². The molecular formula is C11H8ClN3O2. The SMILES string of the molecule is O=C(Nc1ncc(Cl)cn1)Oc1ccccc1. The van der Waals surface area contributed by atoms with Gasteiger partial charge >= 0.3 is 6.09 Å². The predicted octanol–water partition coefficient (Wildman–Crippen LogP) is 2.74. The fraction of sp³-hybridized carbons (Fsp3) is 0. The van der Waals surface area contributed by atoms with Gasteiger partial charge in [-0.2, -0.15) is 0 Å². The van der Waals surface area contributed by atoms with E-state index in [1.165, 1.54) is 12.4 Å². The highest BCUT2D eigenvalue weighted by Crippen LogP contribution is 2.10. The highest BCUT2D eigenvalue weighted by molar-refractivity contribution is 6.30. The molecule has 0 unspecified atom stereocenters. The fourth-order valence-electron chi connectivity index (χ4n) is 1.09. The number of benzene rings is 1. The molecule has 0 spiro atoms. The van der Waals surface area contributed by atoms with E-state index in [0.29, 0.717) is 10.8 Å². The Bertz CT molecular complexity index is 502. The molecule has 1 aromatic heterocycles. The van der Waals surface area contributed by atoms with E-state index in [1.807, 2.05) is 6.07 Å². The minimum Gasteiger partial charge on any atom is -0.410 e. The number of halogens is 1. The molecule has 1 heterocycles. The summed E-state index contributed by atoms with van der Waals surface area (Å²) in [5.41, 5.74) is 0. The Labute approximate surface area is 102 Å². The lowest BCUT2D eigenvalue weighted by Gasteiger charge is -2.04. The van der Waals surface area contributed by atoms with E-state index >= 15 is 0 Å². The van der Waals surface area contributed by atoms with Gasteiger partial charge in [0.2, 0.25) is 5.95 Å². The summed E-state index contributed by atoms with van der Waals surface area (Å²) in [6.07, 6.45) is 2.11. The number of aromatic nitrogens is 2. The first-order valence-electron chi connectivity index (χ1n) is 4.75. The second-order valence-electron chi connectivity index (χ2n) is 3.05. The molecule has 0 bridgehead atoms. The van der Waals surface area contributed by atoms with E-state index in [-0.39, 0.29) is 5.95 Å². The van der Waals surface area contributed by atoms with Gasteiger partial charge in [-0.15, -0.1) is 0 Å². The third kappa shape index (κ3) is 3.42. The van der Waals surface area contributed by atoms with Crippen LogP contribution < -0.4 is 10.1 Å². The molecule has 1 amide bonds. The summed E-state index contributed by atoms with van der Waals surface area (Å²) < 4.78 is 4.99. The molecule has 17 heavy (non-hydrogen) atoms. The number of carbonyl (C=O) groups excluding carboxylic acids is 1. The van der Waals surface area contributed by atoms with Gasteiger partial charge in [0.05, 0.1) is 17.4 Å². The molecule has 1 aromatic carbocycles. The van der Waals surface area contributed by atoms with E-state index in [0.717, 1.165) is 0 Å². The summed E-state index contributed by atoms with van der Waals surface area (Å²) in [5.74, 6) is 0.578. The fourth-order valence-corrected chi connectivity index (χ4v) is 1.19. The summed E-state index contributed by atoms with van der Waals surface area (Å²) >= 11 is 5.61. The molecule has 0 fully saturated rings. The normalized spacial score (nSPS) is 9.71. The molecule has 2 rings (SSSR count). The number of para-hydroxylation sites is 1. The zero-order valence-electron chi connectivity index (χ0n) is 8.63. The average molecular weight is 250 g/mol. The smallest absolute Gasteiger partial charge is 0.410 e. The largest absolute Gasteiger partial charge is 0.419 e. The molecule has 5 nitrogen and oxygen atoms in total. The number of nitrogens with zero attached hydrogens (tertiary/aromatic N) is 2. The van der Waals surface area contributed by atoms with Crippen LogP contribution in [-0.4, -0.2) is 16.1 Å². The van der Waals surface area contributed by atoms with Gasteiger partial charge in [0, 0.05) is 0 Å². The molecule has 0 atom stereocenters. The predicted molar refractivity (Wildman–Crippen MR) is 63.1 cm³/mol.